The quantitative estimate of drug-likeness (QED) is 0.186. The molecule has 0 radical (unpaired) electrons. The Labute approximate surface area is 110 Å². The van der Waals surface area contributed by atoms with Crippen molar-refractivity contribution in [3.63, 3.8) is 0 Å². The molecule has 1 heterocycles. The van der Waals surface area contributed by atoms with Crippen molar-refractivity contribution in [3.05, 3.63) is 12.5 Å². The number of epoxide rings is 1. The molecule has 0 saturated carbocycles. The van der Waals surface area contributed by atoms with Crippen LogP contribution in [0.1, 0.15) is 13.3 Å². The van der Waals surface area contributed by atoms with Gasteiger partial charge < -0.3 is 19.3 Å². The minimum absolute atomic E-state index is 0.00533. The molecule has 0 amide bonds. The zero-order chi connectivity index (χ0) is 14.3. The third-order valence-corrected chi connectivity index (χ3v) is 3.91. The Morgan fingerprint density at radius 3 is 2.47 bits per heavy atom. The second-order valence-corrected chi connectivity index (χ2v) is 5.73. The SMILES string of the molecule is C=C([O-])OCOP(=O)(CC1CO1)OCOC(=O)CC. The summed E-state index contributed by atoms with van der Waals surface area (Å²) >= 11 is 0. The number of hydrogen-bond acceptors (Lipinski definition) is 8. The summed E-state index contributed by atoms with van der Waals surface area (Å²) in [5, 5.41) is 10.5. The van der Waals surface area contributed by atoms with Gasteiger partial charge in [-0.25, -0.2) is 0 Å². The van der Waals surface area contributed by atoms with Gasteiger partial charge in [-0.15, -0.1) is 0 Å². The molecular formula is C10H16O8P-. The Morgan fingerprint density at radius 1 is 1.42 bits per heavy atom. The van der Waals surface area contributed by atoms with Gasteiger partial charge in [-0.05, 0) is 0 Å². The molecule has 19 heavy (non-hydrogen) atoms. The van der Waals surface area contributed by atoms with E-state index in [4.69, 9.17) is 13.8 Å². The van der Waals surface area contributed by atoms with Crippen LogP contribution in [0.15, 0.2) is 12.5 Å². The monoisotopic (exact) mass is 295 g/mol. The van der Waals surface area contributed by atoms with Gasteiger partial charge >= 0.3 is 13.6 Å². The Balaban J connectivity index is 2.37. The minimum atomic E-state index is -3.54. The highest BCUT2D eigenvalue weighted by Crippen LogP contribution is 2.50. The highest BCUT2D eigenvalue weighted by Gasteiger charge is 2.36. The van der Waals surface area contributed by atoms with Gasteiger partial charge in [-0.1, -0.05) is 13.5 Å². The van der Waals surface area contributed by atoms with Crippen molar-refractivity contribution in [1.29, 1.82) is 0 Å². The van der Waals surface area contributed by atoms with Crippen molar-refractivity contribution < 1.29 is 37.7 Å². The summed E-state index contributed by atoms with van der Waals surface area (Å²) in [5.41, 5.74) is 0. The Bertz CT molecular complexity index is 365. The van der Waals surface area contributed by atoms with Crippen molar-refractivity contribution in [3.8, 4) is 0 Å². The molecule has 1 aliphatic heterocycles. The third kappa shape index (κ3) is 7.17. The molecule has 2 atom stereocenters. The zero-order valence-corrected chi connectivity index (χ0v) is 11.4. The lowest BCUT2D eigenvalue weighted by molar-refractivity contribution is -0.361. The molecule has 2 unspecified atom stereocenters. The average molecular weight is 295 g/mol. The summed E-state index contributed by atoms with van der Waals surface area (Å²) in [5.74, 6) is -1.30. The van der Waals surface area contributed by atoms with E-state index in [-0.39, 0.29) is 18.7 Å². The van der Waals surface area contributed by atoms with E-state index in [9.17, 15) is 14.5 Å². The minimum Gasteiger partial charge on any atom is -0.588 e. The maximum atomic E-state index is 12.2. The summed E-state index contributed by atoms with van der Waals surface area (Å²) in [6, 6.07) is 0. The molecule has 1 aliphatic rings. The van der Waals surface area contributed by atoms with Crippen LogP contribution in [0.5, 0.6) is 0 Å². The lowest BCUT2D eigenvalue weighted by atomic mass is 10.5. The predicted octanol–water partition coefficient (Wildman–Crippen LogP) is 0.328. The largest absolute Gasteiger partial charge is 0.588 e. The molecule has 0 aromatic rings. The number of rotatable bonds is 10. The van der Waals surface area contributed by atoms with Crippen LogP contribution in [0, 0.1) is 0 Å². The summed E-state index contributed by atoms with van der Waals surface area (Å²) < 4.78 is 36.0. The molecular weight excluding hydrogens is 279 g/mol. The summed E-state index contributed by atoms with van der Waals surface area (Å²) in [7, 11) is -3.54. The maximum Gasteiger partial charge on any atom is 0.337 e. The Kier molecular flexibility index (Phi) is 6.30. The van der Waals surface area contributed by atoms with E-state index in [1.54, 1.807) is 6.92 Å². The van der Waals surface area contributed by atoms with Crippen LogP contribution in [-0.4, -0.2) is 38.4 Å². The molecule has 1 fully saturated rings. The van der Waals surface area contributed by atoms with Crippen LogP contribution >= 0.6 is 7.60 Å². The first kappa shape index (κ1) is 16.0. The summed E-state index contributed by atoms with van der Waals surface area (Å²) in [6.45, 7) is 4.00. The van der Waals surface area contributed by atoms with Crippen LogP contribution in [0.3, 0.4) is 0 Å². The number of esters is 1. The van der Waals surface area contributed by atoms with Crippen molar-refractivity contribution in [2.45, 2.75) is 19.4 Å². The number of carbonyl (C=O) groups excluding carboxylic acids is 1. The molecule has 0 bridgehead atoms. The number of ether oxygens (including phenoxy) is 3. The van der Waals surface area contributed by atoms with E-state index in [2.05, 4.69) is 16.1 Å². The van der Waals surface area contributed by atoms with Crippen LogP contribution in [0.2, 0.25) is 0 Å². The fourth-order valence-corrected chi connectivity index (χ4v) is 2.43. The molecule has 0 spiro atoms. The van der Waals surface area contributed by atoms with Crippen LogP contribution < -0.4 is 5.11 Å². The van der Waals surface area contributed by atoms with Gasteiger partial charge in [-0.3, -0.25) is 18.4 Å². The van der Waals surface area contributed by atoms with E-state index in [1.165, 1.54) is 0 Å². The first-order valence-electron chi connectivity index (χ1n) is 5.59. The van der Waals surface area contributed by atoms with Crippen LogP contribution in [-0.2, 0) is 32.6 Å². The predicted molar refractivity (Wildman–Crippen MR) is 60.7 cm³/mol. The Hall–Kier alpha value is -1.08. The lowest BCUT2D eigenvalue weighted by Gasteiger charge is -2.21. The molecule has 8 nitrogen and oxygen atoms in total. The molecule has 1 saturated heterocycles. The van der Waals surface area contributed by atoms with Gasteiger partial charge in [-0.2, -0.15) is 0 Å². The number of carbonyl (C=O) groups is 1. The Morgan fingerprint density at radius 2 is 2.00 bits per heavy atom. The van der Waals surface area contributed by atoms with Crippen molar-refractivity contribution in [1.82, 2.24) is 0 Å². The van der Waals surface area contributed by atoms with Gasteiger partial charge in [0.05, 0.1) is 18.9 Å². The summed E-state index contributed by atoms with van der Waals surface area (Å²) in [6.07, 6.45) is -0.0340. The first-order valence-corrected chi connectivity index (χ1v) is 7.32. The van der Waals surface area contributed by atoms with E-state index in [0.29, 0.717) is 6.61 Å². The van der Waals surface area contributed by atoms with E-state index in [1.807, 2.05) is 0 Å². The van der Waals surface area contributed by atoms with E-state index < -0.39 is 33.1 Å². The normalized spacial score (nSPS) is 20.4. The van der Waals surface area contributed by atoms with Crippen LogP contribution in [0.25, 0.3) is 0 Å². The lowest BCUT2D eigenvalue weighted by Crippen LogP contribution is -2.13. The molecule has 0 N–H and O–H groups in total. The van der Waals surface area contributed by atoms with Crippen molar-refractivity contribution in [2.75, 3.05) is 26.4 Å². The van der Waals surface area contributed by atoms with E-state index >= 15 is 0 Å². The second-order valence-electron chi connectivity index (χ2n) is 3.63. The maximum absolute atomic E-state index is 12.2. The molecule has 110 valence electrons. The average Bonchev–Trinajstić information content (AvgIpc) is 3.11. The molecule has 0 aliphatic carbocycles. The zero-order valence-electron chi connectivity index (χ0n) is 10.5. The molecule has 0 aromatic heterocycles. The fraction of sp³-hybridized carbons (Fsp3) is 0.700. The van der Waals surface area contributed by atoms with E-state index in [0.717, 1.165) is 0 Å². The fourth-order valence-electron chi connectivity index (χ4n) is 1.01. The highest BCUT2D eigenvalue weighted by atomic mass is 31.2. The summed E-state index contributed by atoms with van der Waals surface area (Å²) in [4.78, 5) is 10.9. The molecule has 0 aromatic carbocycles. The third-order valence-electron chi connectivity index (χ3n) is 2.06. The smallest absolute Gasteiger partial charge is 0.337 e. The van der Waals surface area contributed by atoms with Gasteiger partial charge in [0.25, 0.3) is 0 Å². The van der Waals surface area contributed by atoms with Gasteiger partial charge in [0.1, 0.15) is 6.79 Å². The van der Waals surface area contributed by atoms with Gasteiger partial charge in [0, 0.05) is 12.4 Å². The topological polar surface area (TPSA) is 107 Å². The second kappa shape index (κ2) is 7.49. The van der Waals surface area contributed by atoms with Crippen molar-refractivity contribution >= 4 is 13.6 Å². The standard InChI is InChI=1S/C10H17O8P/c1-3-10(12)16-7-18-19(13,5-9-4-14-9)17-6-15-8(2)11/h9,11H,2-7H2,1H3/p-1. The van der Waals surface area contributed by atoms with Gasteiger partial charge in [0.2, 0.25) is 6.79 Å². The van der Waals surface area contributed by atoms with Gasteiger partial charge in [0.15, 0.2) is 0 Å². The van der Waals surface area contributed by atoms with Crippen molar-refractivity contribution in [2.24, 2.45) is 0 Å². The molecule has 1 rings (SSSR count). The number of hydrogen-bond donors (Lipinski definition) is 0. The highest BCUT2D eigenvalue weighted by molar-refractivity contribution is 7.53. The molecule has 9 heteroatoms. The van der Waals surface area contributed by atoms with Crippen LogP contribution in [0.4, 0.5) is 0 Å². The first-order chi connectivity index (χ1) is 8.95.